The standard InChI is InChI=1S/C68H113N17O27S3/c69-53(87)37-111-38-57(91)74-14-18-104-22-25-107-28-24-106-20-16-76-62(97)52-43-115-44-59(93)79-47(9-4-5-11-72-56(90)39-112-40-58(92)75-15-19-105-23-27-109-30-32-110-31-29-108-26-21-103-17-13-73-55(89)36-86)63(98)83-50(41-113)66(101)81-46(10-6-12-77-68(70)71)61(96)78-35-54(88)80-49(34-60(94)95)65(100)84-51(42-114)67(102)82-48(64(99)85-52)33-45-7-2-1-3-8-45/h1-3,7-8,46-52,86,113-114H,4-6,9-44H2,(H2,69,87)(H,72,90)(H,73,89)(H,74,91)(H,75,92)(H,76,97)(H,78,96)(H,79,93)(H,80,88)(H,81,101)(H,82,102)(H,83,98)(H,84,100)(H,85,99)(H,94,95)(H4,70,71,77)/t46-,47-,48-,49-,50-,51-,52-/m0/s1. The molecule has 2 rings (SSSR count). The van der Waals surface area contributed by atoms with Crippen molar-refractivity contribution in [2.24, 2.45) is 22.2 Å². The Morgan fingerprint density at radius 3 is 1.34 bits per heavy atom. The average molecular weight is 1700 g/mol. The number of aliphatic hydroxyl groups excluding tert-OH is 1. The molecule has 14 amide bonds. The molecule has 650 valence electrons. The van der Waals surface area contributed by atoms with Crippen LogP contribution in [-0.2, 0) is 126 Å². The summed E-state index contributed by atoms with van der Waals surface area (Å²) in [5.74, 6) is -14.9. The third-order valence-corrected chi connectivity index (χ3v) is 17.0. The first-order valence-electron chi connectivity index (χ1n) is 36.9. The predicted molar refractivity (Wildman–Crippen MR) is 417 cm³/mol. The van der Waals surface area contributed by atoms with Gasteiger partial charge in [-0.15, -0.1) is 11.8 Å². The molecule has 0 spiro atoms. The number of ether oxygens (including phenoxy) is 10. The fraction of sp³-hybridized carbons (Fsp3) is 0.676. The van der Waals surface area contributed by atoms with Gasteiger partial charge in [0, 0.05) is 62.9 Å². The van der Waals surface area contributed by atoms with E-state index in [2.05, 4.69) is 99.4 Å². The van der Waals surface area contributed by atoms with Gasteiger partial charge in [0.15, 0.2) is 5.96 Å². The minimum atomic E-state index is -1.88. The lowest BCUT2D eigenvalue weighted by Crippen LogP contribution is -2.60. The number of nitrogens with two attached hydrogens (primary N) is 3. The van der Waals surface area contributed by atoms with E-state index >= 15 is 0 Å². The summed E-state index contributed by atoms with van der Waals surface area (Å²) in [4.78, 5) is 201. The summed E-state index contributed by atoms with van der Waals surface area (Å²) in [7, 11) is 0. The van der Waals surface area contributed by atoms with E-state index in [-0.39, 0.29) is 168 Å². The van der Waals surface area contributed by atoms with Crippen LogP contribution in [0.25, 0.3) is 0 Å². The minimum absolute atomic E-state index is 0.0318. The summed E-state index contributed by atoms with van der Waals surface area (Å²) in [5.41, 5.74) is 16.5. The number of thioether (sulfide) groups is 1. The Balaban J connectivity index is 2.26. The fourth-order valence-electron chi connectivity index (χ4n) is 9.53. The first kappa shape index (κ1) is 102. The number of nitrogens with one attached hydrogen (secondary N) is 13. The fourth-order valence-corrected chi connectivity index (χ4v) is 10.9. The first-order chi connectivity index (χ1) is 55.3. The third-order valence-electron chi connectivity index (χ3n) is 15.2. The zero-order valence-electron chi connectivity index (χ0n) is 64.1. The van der Waals surface area contributed by atoms with E-state index in [4.69, 9.17) is 69.7 Å². The molecule has 21 N–H and O–H groups in total. The van der Waals surface area contributed by atoms with E-state index in [0.717, 1.165) is 11.8 Å². The molecule has 44 nitrogen and oxygen atoms in total. The Morgan fingerprint density at radius 2 is 0.861 bits per heavy atom. The molecule has 7 atom stereocenters. The van der Waals surface area contributed by atoms with Crippen LogP contribution in [0.5, 0.6) is 0 Å². The van der Waals surface area contributed by atoms with Gasteiger partial charge in [-0.3, -0.25) is 76.9 Å². The van der Waals surface area contributed by atoms with Crippen molar-refractivity contribution < 1.29 is 129 Å². The van der Waals surface area contributed by atoms with Gasteiger partial charge in [0.25, 0.3) is 0 Å². The monoisotopic (exact) mass is 1700 g/mol. The van der Waals surface area contributed by atoms with Crippen LogP contribution < -0.4 is 86.3 Å². The second-order valence-electron chi connectivity index (χ2n) is 24.6. The van der Waals surface area contributed by atoms with Gasteiger partial charge in [-0.1, -0.05) is 30.3 Å². The highest BCUT2D eigenvalue weighted by Crippen LogP contribution is 2.11. The van der Waals surface area contributed by atoms with Gasteiger partial charge in [-0.2, -0.15) is 25.3 Å². The Kier molecular flexibility index (Phi) is 58.1. The predicted octanol–water partition coefficient (Wildman–Crippen LogP) is -9.73. The normalized spacial score (nSPS) is 18.4. The van der Waals surface area contributed by atoms with Gasteiger partial charge in [-0.25, -0.2) is 0 Å². The first-order valence-corrected chi connectivity index (χ1v) is 39.3. The number of primary amides is 1. The number of aliphatic hydroxyl groups is 1. The lowest BCUT2D eigenvalue weighted by atomic mass is 10.0. The highest BCUT2D eigenvalue weighted by Gasteiger charge is 2.34. The number of unbranched alkanes of at least 4 members (excludes halogenated alkanes) is 1. The molecule has 0 bridgehead atoms. The second-order valence-corrected chi connectivity index (χ2v) is 26.3. The van der Waals surface area contributed by atoms with Crippen molar-refractivity contribution in [2.45, 2.75) is 87.2 Å². The Morgan fingerprint density at radius 1 is 0.452 bits per heavy atom. The lowest BCUT2D eigenvalue weighted by Gasteiger charge is -2.26. The van der Waals surface area contributed by atoms with Crippen LogP contribution in [-0.4, -0.2) is 355 Å². The molecule has 1 aliphatic heterocycles. The van der Waals surface area contributed by atoms with Crippen molar-refractivity contribution in [3.63, 3.8) is 0 Å². The van der Waals surface area contributed by atoms with Gasteiger partial charge in [0.2, 0.25) is 82.7 Å². The van der Waals surface area contributed by atoms with Gasteiger partial charge < -0.3 is 144 Å². The molecule has 1 fully saturated rings. The largest absolute Gasteiger partial charge is 0.481 e. The molecule has 0 radical (unpaired) electrons. The molecule has 1 heterocycles. The van der Waals surface area contributed by atoms with E-state index < -0.39 is 182 Å². The number of aliphatic imine (C=N–C) groups is 1. The maximum atomic E-state index is 14.5. The summed E-state index contributed by atoms with van der Waals surface area (Å²) in [6.45, 7) is 0.865. The van der Waals surface area contributed by atoms with E-state index in [1.807, 2.05) is 0 Å². The topological polar surface area (TPSA) is 636 Å². The Labute approximate surface area is 680 Å². The van der Waals surface area contributed by atoms with E-state index in [0.29, 0.717) is 45.2 Å². The molecule has 0 unspecified atom stereocenters. The molecule has 1 aliphatic rings. The number of carboxylic acid groups (broad SMARTS) is 1. The SMILES string of the molecule is NC(=O)COCC(=O)NCCOCCOCCOCCNC(=O)[C@@H]1CSCC(=O)N[C@@H](CCCCNC(=O)COCC(=O)NCCOCCOCCOCCOCCOCCNC(=O)CO)C(=O)N[C@@H](CS)C(=O)N[C@@H](CCCN=C(N)N)C(=O)NCC(=O)N[C@@H](CC(=O)O)C(=O)N[C@@H](CS)C(=O)N[C@@H](Cc2ccccc2)C(=O)N1. The molecule has 1 saturated heterocycles. The van der Waals surface area contributed by atoms with Crippen molar-refractivity contribution in [3.8, 4) is 0 Å². The van der Waals surface area contributed by atoms with E-state index in [1.165, 1.54) is 0 Å². The average Bonchev–Trinajstić information content (AvgIpc) is 0.976. The van der Waals surface area contributed by atoms with Crippen molar-refractivity contribution in [3.05, 3.63) is 35.9 Å². The molecule has 0 saturated carbocycles. The van der Waals surface area contributed by atoms with Crippen LogP contribution in [0.3, 0.4) is 0 Å². The van der Waals surface area contributed by atoms with Crippen LogP contribution in [0.4, 0.5) is 0 Å². The van der Waals surface area contributed by atoms with Crippen LogP contribution in [0.15, 0.2) is 35.3 Å². The number of rotatable bonds is 55. The summed E-state index contributed by atoms with van der Waals surface area (Å²) >= 11 is 9.36. The molecule has 47 heteroatoms. The molecule has 1 aromatic carbocycles. The lowest BCUT2D eigenvalue weighted by molar-refractivity contribution is -0.141. The summed E-state index contributed by atoms with van der Waals surface area (Å²) in [6, 6.07) is -2.52. The molecule has 0 aromatic heterocycles. The quantitative estimate of drug-likeness (QED) is 0.0125. The minimum Gasteiger partial charge on any atom is -0.481 e. The second kappa shape index (κ2) is 65.3. The Hall–Kier alpha value is -8.85. The zero-order valence-corrected chi connectivity index (χ0v) is 66.7. The number of thiol groups is 2. The smallest absolute Gasteiger partial charge is 0.305 e. The highest BCUT2D eigenvalue weighted by atomic mass is 32.2. The van der Waals surface area contributed by atoms with Gasteiger partial charge in [-0.05, 0) is 37.7 Å². The van der Waals surface area contributed by atoms with Crippen molar-refractivity contribution >= 4 is 132 Å². The molecule has 0 aliphatic carbocycles. The summed E-state index contributed by atoms with van der Waals surface area (Å²) in [5, 5.41) is 51.2. The van der Waals surface area contributed by atoms with Crippen molar-refractivity contribution in [1.82, 2.24) is 69.1 Å². The van der Waals surface area contributed by atoms with Gasteiger partial charge in [0.05, 0.1) is 124 Å². The van der Waals surface area contributed by atoms with Crippen LogP contribution in [0, 0.1) is 0 Å². The van der Waals surface area contributed by atoms with Crippen LogP contribution >= 0.6 is 37.0 Å². The summed E-state index contributed by atoms with van der Waals surface area (Å²) < 4.78 is 53.7. The number of amides is 14. The molecule has 115 heavy (non-hydrogen) atoms. The number of hydrogen-bond donors (Lipinski definition) is 20. The third kappa shape index (κ3) is 53.1. The van der Waals surface area contributed by atoms with E-state index in [1.54, 1.807) is 30.3 Å². The van der Waals surface area contributed by atoms with Crippen molar-refractivity contribution in [2.75, 3.05) is 208 Å². The number of carboxylic acids is 1. The van der Waals surface area contributed by atoms with Gasteiger partial charge in [0.1, 0.15) is 75.3 Å². The number of carbonyl (C=O) groups excluding carboxylic acids is 14. The number of aliphatic carboxylic acids is 1. The van der Waals surface area contributed by atoms with Crippen molar-refractivity contribution in [1.29, 1.82) is 0 Å². The Bertz CT molecular complexity index is 3140. The number of hydrogen-bond acceptors (Lipinski definition) is 30. The highest BCUT2D eigenvalue weighted by molar-refractivity contribution is 8.00. The van der Waals surface area contributed by atoms with Crippen LogP contribution in [0.2, 0.25) is 0 Å². The van der Waals surface area contributed by atoms with E-state index in [9.17, 15) is 77.0 Å². The van der Waals surface area contributed by atoms with Crippen LogP contribution in [0.1, 0.15) is 44.1 Å². The number of nitrogens with zero attached hydrogens (tertiary/aromatic N) is 1. The molecule has 1 aromatic rings. The van der Waals surface area contributed by atoms with Gasteiger partial charge >= 0.3 is 5.97 Å². The molecular formula is C68H113N17O27S3. The number of carbonyl (C=O) groups is 15. The number of guanidine groups is 1. The molecular weight excluding hydrogens is 1580 g/mol. The number of benzene rings is 1. The maximum absolute atomic E-state index is 14.5. The maximum Gasteiger partial charge on any atom is 0.305 e. The zero-order chi connectivity index (χ0) is 84.6. The summed E-state index contributed by atoms with van der Waals surface area (Å²) in [6.07, 6.45) is -1.10.